The molecule has 0 unspecified atom stereocenters. The number of carbonyl (C=O) groups is 1. The molecule has 0 saturated carbocycles. The van der Waals surface area contributed by atoms with E-state index in [1.54, 1.807) is 19.2 Å². The molecule has 1 aromatic rings. The average Bonchev–Trinajstić information content (AvgIpc) is 2.18. The molecule has 0 bridgehead atoms. The first-order chi connectivity index (χ1) is 6.66. The van der Waals surface area contributed by atoms with Crippen LogP contribution in [0.3, 0.4) is 0 Å². The van der Waals surface area contributed by atoms with Crippen molar-refractivity contribution in [3.05, 3.63) is 34.2 Å². The van der Waals surface area contributed by atoms with Gasteiger partial charge in [0.25, 0.3) is 5.56 Å². The second-order valence-corrected chi connectivity index (χ2v) is 2.94. The number of aromatic nitrogens is 1. The van der Waals surface area contributed by atoms with Crippen molar-refractivity contribution < 1.29 is 9.53 Å². The molecule has 0 radical (unpaired) electrons. The van der Waals surface area contributed by atoms with Crippen LogP contribution in [0.1, 0.15) is 23.8 Å². The fourth-order valence-electron chi connectivity index (χ4n) is 1.04. The van der Waals surface area contributed by atoms with Crippen molar-refractivity contribution in [1.82, 2.24) is 4.57 Å². The van der Waals surface area contributed by atoms with Crippen LogP contribution in [0.4, 0.5) is 0 Å². The molecule has 0 aliphatic heterocycles. The molecule has 0 aliphatic rings. The largest absolute Gasteiger partial charge is 0.461 e. The molecule has 1 heterocycles. The Kier molecular flexibility index (Phi) is 3.45. The lowest BCUT2D eigenvalue weighted by Crippen LogP contribution is -2.23. The van der Waals surface area contributed by atoms with Gasteiger partial charge in [-0.3, -0.25) is 4.79 Å². The molecule has 0 saturated heterocycles. The monoisotopic (exact) mass is 195 g/mol. The minimum Gasteiger partial charge on any atom is -0.461 e. The molecule has 0 N–H and O–H groups in total. The Labute approximate surface area is 82.1 Å². The number of hydrogen-bond donors (Lipinski definition) is 0. The van der Waals surface area contributed by atoms with Gasteiger partial charge in [-0.1, -0.05) is 13.0 Å². The second-order valence-electron chi connectivity index (χ2n) is 2.94. The van der Waals surface area contributed by atoms with Crippen LogP contribution >= 0.6 is 0 Å². The van der Waals surface area contributed by atoms with E-state index < -0.39 is 5.97 Å². The van der Waals surface area contributed by atoms with E-state index in [2.05, 4.69) is 0 Å². The molecule has 1 aromatic heterocycles. The molecular formula is C10H13NO3. The van der Waals surface area contributed by atoms with Gasteiger partial charge in [0.15, 0.2) is 0 Å². The van der Waals surface area contributed by atoms with Crippen LogP contribution in [0.5, 0.6) is 0 Å². The van der Waals surface area contributed by atoms with Crippen LogP contribution in [-0.2, 0) is 11.8 Å². The van der Waals surface area contributed by atoms with Crippen molar-refractivity contribution >= 4 is 5.97 Å². The van der Waals surface area contributed by atoms with Gasteiger partial charge in [-0.2, -0.15) is 0 Å². The predicted octanol–water partition coefficient (Wildman–Crippen LogP) is 0.952. The van der Waals surface area contributed by atoms with E-state index >= 15 is 0 Å². The summed E-state index contributed by atoms with van der Waals surface area (Å²) in [5.41, 5.74) is 0.0712. The van der Waals surface area contributed by atoms with Gasteiger partial charge in [-0.05, 0) is 12.5 Å². The summed E-state index contributed by atoms with van der Waals surface area (Å²) in [6.45, 7) is 2.29. The van der Waals surface area contributed by atoms with Gasteiger partial charge in [0.1, 0.15) is 5.69 Å². The van der Waals surface area contributed by atoms with E-state index in [-0.39, 0.29) is 11.3 Å². The molecule has 14 heavy (non-hydrogen) atoms. The Morgan fingerprint density at radius 3 is 2.86 bits per heavy atom. The Morgan fingerprint density at radius 1 is 1.50 bits per heavy atom. The number of carbonyl (C=O) groups excluding carboxylic acids is 1. The third-order valence-electron chi connectivity index (χ3n) is 1.83. The summed E-state index contributed by atoms with van der Waals surface area (Å²) in [5.74, 6) is -0.452. The van der Waals surface area contributed by atoms with Gasteiger partial charge < -0.3 is 9.30 Å². The maximum absolute atomic E-state index is 11.4. The van der Waals surface area contributed by atoms with E-state index in [1.807, 2.05) is 6.92 Å². The predicted molar refractivity (Wildman–Crippen MR) is 52.3 cm³/mol. The normalized spacial score (nSPS) is 9.86. The van der Waals surface area contributed by atoms with Crippen molar-refractivity contribution in [2.24, 2.45) is 7.05 Å². The lowest BCUT2D eigenvalue weighted by Gasteiger charge is -2.06. The molecule has 4 nitrogen and oxygen atoms in total. The zero-order valence-corrected chi connectivity index (χ0v) is 8.32. The summed E-state index contributed by atoms with van der Waals surface area (Å²) in [5, 5.41) is 0. The molecule has 1 rings (SSSR count). The zero-order chi connectivity index (χ0) is 10.6. The molecule has 76 valence electrons. The topological polar surface area (TPSA) is 48.3 Å². The van der Waals surface area contributed by atoms with Crippen molar-refractivity contribution in [1.29, 1.82) is 0 Å². The van der Waals surface area contributed by atoms with Gasteiger partial charge in [0.2, 0.25) is 0 Å². The maximum atomic E-state index is 11.4. The summed E-state index contributed by atoms with van der Waals surface area (Å²) in [6, 6.07) is 4.51. The Morgan fingerprint density at radius 2 is 2.21 bits per heavy atom. The Balaban J connectivity index is 2.90. The second kappa shape index (κ2) is 4.60. The van der Waals surface area contributed by atoms with Crippen LogP contribution in [-0.4, -0.2) is 17.1 Å². The number of ether oxygens (including phenoxy) is 1. The third kappa shape index (κ3) is 2.22. The highest BCUT2D eigenvalue weighted by Crippen LogP contribution is 1.98. The summed E-state index contributed by atoms with van der Waals surface area (Å²) in [7, 11) is 1.55. The average molecular weight is 195 g/mol. The minimum atomic E-state index is -0.452. The molecule has 0 amide bonds. The van der Waals surface area contributed by atoms with Crippen molar-refractivity contribution in [2.45, 2.75) is 13.3 Å². The molecule has 0 aromatic carbocycles. The summed E-state index contributed by atoms with van der Waals surface area (Å²) < 4.78 is 6.19. The van der Waals surface area contributed by atoms with E-state index in [0.29, 0.717) is 6.61 Å². The zero-order valence-electron chi connectivity index (χ0n) is 8.32. The van der Waals surface area contributed by atoms with Gasteiger partial charge in [-0.25, -0.2) is 4.79 Å². The standard InChI is InChI=1S/C10H13NO3/c1-3-7-14-10(13)8-5-4-6-9(12)11(8)2/h4-6H,3,7H2,1-2H3. The van der Waals surface area contributed by atoms with Gasteiger partial charge in [0.05, 0.1) is 6.61 Å². The number of pyridine rings is 1. The van der Waals surface area contributed by atoms with Crippen molar-refractivity contribution in [3.8, 4) is 0 Å². The fraction of sp³-hybridized carbons (Fsp3) is 0.400. The molecule has 0 spiro atoms. The Hall–Kier alpha value is -1.58. The number of nitrogens with zero attached hydrogens (tertiary/aromatic N) is 1. The van der Waals surface area contributed by atoms with Crippen LogP contribution < -0.4 is 5.56 Å². The maximum Gasteiger partial charge on any atom is 0.355 e. The number of hydrogen-bond acceptors (Lipinski definition) is 3. The van der Waals surface area contributed by atoms with Crippen LogP contribution in [0.25, 0.3) is 0 Å². The van der Waals surface area contributed by atoms with Crippen LogP contribution in [0, 0.1) is 0 Å². The first-order valence-electron chi connectivity index (χ1n) is 4.50. The summed E-state index contributed by atoms with van der Waals surface area (Å²) >= 11 is 0. The highest BCUT2D eigenvalue weighted by atomic mass is 16.5. The lowest BCUT2D eigenvalue weighted by molar-refractivity contribution is 0.0492. The number of esters is 1. The summed E-state index contributed by atoms with van der Waals surface area (Å²) in [4.78, 5) is 22.6. The smallest absolute Gasteiger partial charge is 0.355 e. The molecule has 0 fully saturated rings. The van der Waals surface area contributed by atoms with E-state index in [0.717, 1.165) is 6.42 Å². The third-order valence-corrected chi connectivity index (χ3v) is 1.83. The van der Waals surface area contributed by atoms with E-state index in [4.69, 9.17) is 4.74 Å². The van der Waals surface area contributed by atoms with E-state index in [9.17, 15) is 9.59 Å². The highest BCUT2D eigenvalue weighted by molar-refractivity contribution is 5.87. The quantitative estimate of drug-likeness (QED) is 0.675. The van der Waals surface area contributed by atoms with Crippen molar-refractivity contribution in [2.75, 3.05) is 6.61 Å². The van der Waals surface area contributed by atoms with Gasteiger partial charge in [-0.15, -0.1) is 0 Å². The van der Waals surface area contributed by atoms with Gasteiger partial charge in [0, 0.05) is 13.1 Å². The lowest BCUT2D eigenvalue weighted by atomic mass is 10.3. The molecular weight excluding hydrogens is 182 g/mol. The molecule has 4 heteroatoms. The first-order valence-corrected chi connectivity index (χ1v) is 4.50. The highest BCUT2D eigenvalue weighted by Gasteiger charge is 2.09. The Bertz CT molecular complexity index is 381. The first kappa shape index (κ1) is 10.5. The molecule has 0 atom stereocenters. The van der Waals surface area contributed by atoms with Gasteiger partial charge >= 0.3 is 5.97 Å². The number of rotatable bonds is 3. The van der Waals surface area contributed by atoms with Crippen LogP contribution in [0.2, 0.25) is 0 Å². The molecule has 0 aliphatic carbocycles. The van der Waals surface area contributed by atoms with E-state index in [1.165, 1.54) is 10.6 Å². The summed E-state index contributed by atoms with van der Waals surface area (Å²) in [6.07, 6.45) is 0.770. The van der Waals surface area contributed by atoms with Crippen LogP contribution in [0.15, 0.2) is 23.0 Å². The SMILES string of the molecule is CCCOC(=O)c1cccc(=O)n1C. The van der Waals surface area contributed by atoms with Crippen molar-refractivity contribution in [3.63, 3.8) is 0 Å². The fourth-order valence-corrected chi connectivity index (χ4v) is 1.04. The minimum absolute atomic E-state index is 0.212.